The number of pyridine rings is 2. The Morgan fingerprint density at radius 2 is 1.54 bits per heavy atom. The summed E-state index contributed by atoms with van der Waals surface area (Å²) in [4.78, 5) is 32.5. The van der Waals surface area contributed by atoms with E-state index in [0.29, 0.717) is 35.6 Å². The zero-order valence-corrected chi connectivity index (χ0v) is 21.2. The maximum absolute atomic E-state index is 13.2. The average Bonchev–Trinajstić information content (AvgIpc) is 2.87. The number of nitrogens with one attached hydrogen (secondary N) is 1. The van der Waals surface area contributed by atoms with Crippen molar-refractivity contribution in [3.05, 3.63) is 94.3 Å². The summed E-state index contributed by atoms with van der Waals surface area (Å²) in [5.41, 5.74) is 3.63. The molecule has 0 radical (unpaired) electrons. The summed E-state index contributed by atoms with van der Waals surface area (Å²) in [6.07, 6.45) is 0.192. The number of likely N-dealkylation sites (N-methyl/N-ethyl adjacent to an activating group) is 1. The van der Waals surface area contributed by atoms with Gasteiger partial charge in [0.05, 0.1) is 17.5 Å². The second-order valence-electron chi connectivity index (χ2n) is 7.93. The lowest BCUT2D eigenvalue weighted by molar-refractivity contribution is -0.130. The van der Waals surface area contributed by atoms with E-state index < -0.39 is 0 Å². The van der Waals surface area contributed by atoms with Crippen LogP contribution in [0.2, 0.25) is 0 Å². The Morgan fingerprint density at radius 3 is 2.14 bits per heavy atom. The van der Waals surface area contributed by atoms with Gasteiger partial charge in [-0.2, -0.15) is 0 Å². The molecule has 6 heteroatoms. The maximum atomic E-state index is 13.2. The molecule has 2 heterocycles. The number of nitrogens with zero attached hydrogens (tertiary/aromatic N) is 3. The number of hydrogen-bond donors (Lipinski definition) is 1. The van der Waals surface area contributed by atoms with Crippen molar-refractivity contribution in [3.63, 3.8) is 0 Å². The Bertz CT molecular complexity index is 1330. The highest BCUT2D eigenvalue weighted by Gasteiger charge is 2.18. The van der Waals surface area contributed by atoms with E-state index in [1.807, 2.05) is 106 Å². The van der Waals surface area contributed by atoms with E-state index in [9.17, 15) is 9.59 Å². The number of benzene rings is 2. The van der Waals surface area contributed by atoms with Gasteiger partial charge in [-0.15, -0.1) is 0 Å². The van der Waals surface area contributed by atoms with Crippen LogP contribution >= 0.6 is 0 Å². The quantitative estimate of drug-likeness (QED) is 0.367. The molecule has 0 saturated carbocycles. The minimum Gasteiger partial charge on any atom is -0.343 e. The third kappa shape index (κ3) is 5.77. The van der Waals surface area contributed by atoms with Gasteiger partial charge in [-0.3, -0.25) is 14.2 Å². The van der Waals surface area contributed by atoms with Crippen molar-refractivity contribution in [2.45, 2.75) is 41.0 Å². The zero-order chi connectivity index (χ0) is 25.4. The van der Waals surface area contributed by atoms with Crippen LogP contribution in [0.15, 0.2) is 77.6 Å². The first-order valence-corrected chi connectivity index (χ1v) is 12.2. The summed E-state index contributed by atoms with van der Waals surface area (Å²) in [6, 6.07) is 23.0. The average molecular weight is 471 g/mol. The lowest BCUT2D eigenvalue weighted by Gasteiger charge is -2.20. The molecule has 1 amide bonds. The van der Waals surface area contributed by atoms with E-state index >= 15 is 0 Å². The first-order valence-electron chi connectivity index (χ1n) is 12.2. The van der Waals surface area contributed by atoms with E-state index in [2.05, 4.69) is 5.32 Å². The molecule has 4 rings (SSSR count). The van der Waals surface area contributed by atoms with Crippen LogP contribution in [0, 0.1) is 6.92 Å². The molecule has 0 fully saturated rings. The predicted molar refractivity (Wildman–Crippen MR) is 145 cm³/mol. The van der Waals surface area contributed by atoms with Gasteiger partial charge in [-0.1, -0.05) is 50.2 Å². The molecular weight excluding hydrogens is 436 g/mol. The van der Waals surface area contributed by atoms with Crippen LogP contribution in [0.3, 0.4) is 0 Å². The third-order valence-corrected chi connectivity index (χ3v) is 5.73. The van der Waals surface area contributed by atoms with E-state index in [1.165, 1.54) is 0 Å². The summed E-state index contributed by atoms with van der Waals surface area (Å²) in [5.74, 6) is 0.641. The molecule has 2 aromatic carbocycles. The lowest BCUT2D eigenvalue weighted by Crippen LogP contribution is -2.32. The first kappa shape index (κ1) is 25.7. The van der Waals surface area contributed by atoms with Gasteiger partial charge < -0.3 is 10.2 Å². The fourth-order valence-electron chi connectivity index (χ4n) is 4.10. The van der Waals surface area contributed by atoms with Crippen molar-refractivity contribution in [2.75, 3.05) is 18.4 Å². The topological polar surface area (TPSA) is 67.2 Å². The molecule has 0 aliphatic carbocycles. The number of aromatic nitrogens is 2. The van der Waals surface area contributed by atoms with Crippen LogP contribution in [-0.4, -0.2) is 33.4 Å². The highest BCUT2D eigenvalue weighted by atomic mass is 16.2. The van der Waals surface area contributed by atoms with Crippen molar-refractivity contribution >= 4 is 28.4 Å². The van der Waals surface area contributed by atoms with Crippen LogP contribution in [0.1, 0.15) is 39.0 Å². The standard InChI is InChI=1S/C27H28N4O2.C2H6/c1-4-30(5-2)25(33)17-21-16-19(3)26-23(32)18-24(28-20-12-8-6-9-13-20)31(27(26)29-21)22-14-10-7-11-15-22;1-2/h6-16,18,28H,4-5,17H2,1-3H3;1-2H3. The number of fused-ring (bicyclic) bond motifs is 1. The second-order valence-corrected chi connectivity index (χ2v) is 7.93. The van der Waals surface area contributed by atoms with Gasteiger partial charge in [0.2, 0.25) is 5.91 Å². The first-order chi connectivity index (χ1) is 17.0. The molecule has 0 spiro atoms. The molecule has 35 heavy (non-hydrogen) atoms. The number of aryl methyl sites for hydroxylation is 1. The molecule has 1 N–H and O–H groups in total. The lowest BCUT2D eigenvalue weighted by atomic mass is 10.1. The Kier molecular flexibility index (Phi) is 8.79. The van der Waals surface area contributed by atoms with Crippen LogP contribution in [0.4, 0.5) is 11.5 Å². The van der Waals surface area contributed by atoms with Gasteiger partial charge in [0.1, 0.15) is 5.82 Å². The number of amides is 1. The van der Waals surface area contributed by atoms with E-state index in [-0.39, 0.29) is 17.8 Å². The van der Waals surface area contributed by atoms with Crippen molar-refractivity contribution in [3.8, 4) is 5.69 Å². The van der Waals surface area contributed by atoms with Gasteiger partial charge in [0.15, 0.2) is 11.1 Å². The van der Waals surface area contributed by atoms with Crippen molar-refractivity contribution < 1.29 is 4.79 Å². The van der Waals surface area contributed by atoms with E-state index in [0.717, 1.165) is 16.9 Å². The highest BCUT2D eigenvalue weighted by Crippen LogP contribution is 2.26. The number of para-hydroxylation sites is 2. The molecule has 0 atom stereocenters. The third-order valence-electron chi connectivity index (χ3n) is 5.73. The monoisotopic (exact) mass is 470 g/mol. The minimum atomic E-state index is -0.109. The SMILES string of the molecule is CC.CCN(CC)C(=O)Cc1cc(C)c2c(=O)cc(Nc3ccccc3)n(-c3ccccc3)c2n1. The predicted octanol–water partition coefficient (Wildman–Crippen LogP) is 5.87. The summed E-state index contributed by atoms with van der Waals surface area (Å²) in [6.45, 7) is 11.1. The molecule has 0 saturated heterocycles. The van der Waals surface area contributed by atoms with Gasteiger partial charge in [0, 0.05) is 30.5 Å². The fraction of sp³-hybridized carbons (Fsp3) is 0.276. The molecule has 182 valence electrons. The van der Waals surface area contributed by atoms with E-state index in [4.69, 9.17) is 4.98 Å². The molecule has 0 aliphatic rings. The van der Waals surface area contributed by atoms with Gasteiger partial charge in [-0.25, -0.2) is 4.98 Å². The van der Waals surface area contributed by atoms with Crippen LogP contribution in [-0.2, 0) is 11.2 Å². The Balaban J connectivity index is 0.00000167. The number of carbonyl (C=O) groups excluding carboxylic acids is 1. The van der Waals surface area contributed by atoms with Crippen molar-refractivity contribution in [1.29, 1.82) is 0 Å². The molecule has 2 aromatic heterocycles. The van der Waals surface area contributed by atoms with E-state index in [1.54, 1.807) is 11.0 Å². The number of rotatable bonds is 7. The van der Waals surface area contributed by atoms with Crippen molar-refractivity contribution in [1.82, 2.24) is 14.5 Å². The summed E-state index contributed by atoms with van der Waals surface area (Å²) in [5, 5.41) is 3.92. The maximum Gasteiger partial charge on any atom is 0.228 e. The molecule has 0 aliphatic heterocycles. The van der Waals surface area contributed by atoms with Crippen molar-refractivity contribution in [2.24, 2.45) is 0 Å². The summed E-state index contributed by atoms with van der Waals surface area (Å²) < 4.78 is 1.95. The summed E-state index contributed by atoms with van der Waals surface area (Å²) in [7, 11) is 0. The smallest absolute Gasteiger partial charge is 0.228 e. The number of hydrogen-bond acceptors (Lipinski definition) is 4. The normalized spacial score (nSPS) is 10.4. The van der Waals surface area contributed by atoms with Crippen LogP contribution < -0.4 is 10.7 Å². The highest BCUT2D eigenvalue weighted by molar-refractivity contribution is 5.85. The Labute approximate surface area is 207 Å². The second kappa shape index (κ2) is 12.0. The Morgan fingerprint density at radius 1 is 0.943 bits per heavy atom. The van der Waals surface area contributed by atoms with Crippen LogP contribution in [0.25, 0.3) is 16.7 Å². The Hall–Kier alpha value is -3.93. The van der Waals surface area contributed by atoms with Gasteiger partial charge in [-0.05, 0) is 56.7 Å². The number of carbonyl (C=O) groups is 1. The number of anilines is 2. The molecular formula is C29H34N4O2. The van der Waals surface area contributed by atoms with Crippen LogP contribution in [0.5, 0.6) is 0 Å². The molecule has 0 unspecified atom stereocenters. The zero-order valence-electron chi connectivity index (χ0n) is 21.2. The van der Waals surface area contributed by atoms with Gasteiger partial charge in [0.25, 0.3) is 0 Å². The van der Waals surface area contributed by atoms with Gasteiger partial charge >= 0.3 is 0 Å². The summed E-state index contributed by atoms with van der Waals surface area (Å²) >= 11 is 0. The molecule has 4 aromatic rings. The molecule has 6 nitrogen and oxygen atoms in total. The fourth-order valence-corrected chi connectivity index (χ4v) is 4.10. The minimum absolute atomic E-state index is 0.0263. The largest absolute Gasteiger partial charge is 0.343 e. The molecule has 0 bridgehead atoms.